The second kappa shape index (κ2) is 5.91. The maximum Gasteiger partial charge on any atom is 0.138 e. The van der Waals surface area contributed by atoms with Crippen LogP contribution < -0.4 is 5.32 Å². The van der Waals surface area contributed by atoms with E-state index in [0.717, 1.165) is 25.2 Å². The molecule has 1 aliphatic rings. The van der Waals surface area contributed by atoms with Crippen LogP contribution in [-0.4, -0.2) is 33.9 Å². The van der Waals surface area contributed by atoms with Gasteiger partial charge in [-0.15, -0.1) is 5.10 Å². The van der Waals surface area contributed by atoms with E-state index in [4.69, 9.17) is 0 Å². The smallest absolute Gasteiger partial charge is 0.138 e. The van der Waals surface area contributed by atoms with Crippen molar-refractivity contribution in [2.45, 2.75) is 32.1 Å². The SMILES string of the molecule is Cn1cc(CC(=O)CCC2CCCNC2)nn1. The summed E-state index contributed by atoms with van der Waals surface area (Å²) in [7, 11) is 1.81. The molecule has 1 unspecified atom stereocenters. The molecule has 2 heterocycles. The molecule has 2 rings (SSSR count). The summed E-state index contributed by atoms with van der Waals surface area (Å²) in [5.74, 6) is 0.950. The molecule has 5 heteroatoms. The minimum atomic E-state index is 0.274. The number of hydrogen-bond acceptors (Lipinski definition) is 4. The van der Waals surface area contributed by atoms with Crippen molar-refractivity contribution >= 4 is 5.78 Å². The molecule has 1 aromatic heterocycles. The van der Waals surface area contributed by atoms with Gasteiger partial charge in [0.25, 0.3) is 0 Å². The van der Waals surface area contributed by atoms with Gasteiger partial charge in [0.2, 0.25) is 0 Å². The summed E-state index contributed by atoms with van der Waals surface area (Å²) in [6, 6.07) is 0. The Hall–Kier alpha value is -1.23. The van der Waals surface area contributed by atoms with Crippen LogP contribution in [0.3, 0.4) is 0 Å². The number of aryl methyl sites for hydroxylation is 1. The highest BCUT2D eigenvalue weighted by molar-refractivity contribution is 5.80. The van der Waals surface area contributed by atoms with Gasteiger partial charge in [0, 0.05) is 19.7 Å². The Labute approximate surface area is 102 Å². The molecule has 0 bridgehead atoms. The van der Waals surface area contributed by atoms with Crippen molar-refractivity contribution in [3.8, 4) is 0 Å². The highest BCUT2D eigenvalue weighted by Crippen LogP contribution is 2.16. The number of aromatic nitrogens is 3. The first-order valence-electron chi connectivity index (χ1n) is 6.31. The average molecular weight is 236 g/mol. The summed E-state index contributed by atoms with van der Waals surface area (Å²) in [5.41, 5.74) is 0.777. The first-order chi connectivity index (χ1) is 8.24. The topological polar surface area (TPSA) is 59.8 Å². The quantitative estimate of drug-likeness (QED) is 0.818. The number of nitrogens with one attached hydrogen (secondary N) is 1. The van der Waals surface area contributed by atoms with Gasteiger partial charge in [0.1, 0.15) is 5.78 Å². The summed E-state index contributed by atoms with van der Waals surface area (Å²) in [4.78, 5) is 11.8. The standard InChI is InChI=1S/C12H20N4O/c1-16-9-11(14-15-16)7-12(17)5-4-10-3-2-6-13-8-10/h9-10,13H,2-8H2,1H3. The third-order valence-corrected chi connectivity index (χ3v) is 3.26. The molecule has 94 valence electrons. The van der Waals surface area contributed by atoms with E-state index in [0.29, 0.717) is 18.8 Å². The van der Waals surface area contributed by atoms with E-state index in [1.807, 2.05) is 7.05 Å². The number of hydrogen-bond donors (Lipinski definition) is 1. The van der Waals surface area contributed by atoms with Crippen LogP contribution in [0.1, 0.15) is 31.4 Å². The number of rotatable bonds is 5. The molecule has 5 nitrogen and oxygen atoms in total. The molecular weight excluding hydrogens is 216 g/mol. The molecule has 1 fully saturated rings. The molecule has 1 aliphatic heterocycles. The van der Waals surface area contributed by atoms with Gasteiger partial charge in [-0.3, -0.25) is 9.48 Å². The normalized spacial score (nSPS) is 20.4. The Kier molecular flexibility index (Phi) is 4.25. The zero-order valence-electron chi connectivity index (χ0n) is 10.4. The van der Waals surface area contributed by atoms with Gasteiger partial charge in [-0.05, 0) is 38.3 Å². The van der Waals surface area contributed by atoms with Crippen molar-refractivity contribution in [2.24, 2.45) is 13.0 Å². The van der Waals surface area contributed by atoms with Gasteiger partial charge in [-0.2, -0.15) is 0 Å². The molecule has 1 atom stereocenters. The Morgan fingerprint density at radius 3 is 3.18 bits per heavy atom. The predicted octanol–water partition coefficient (Wildman–Crippen LogP) is 0.706. The number of nitrogens with zero attached hydrogens (tertiary/aromatic N) is 3. The summed E-state index contributed by atoms with van der Waals surface area (Å²) in [6.45, 7) is 2.20. The van der Waals surface area contributed by atoms with Crippen LogP contribution in [0.5, 0.6) is 0 Å². The molecule has 0 amide bonds. The third-order valence-electron chi connectivity index (χ3n) is 3.26. The Morgan fingerprint density at radius 1 is 1.65 bits per heavy atom. The van der Waals surface area contributed by atoms with Gasteiger partial charge in [0.05, 0.1) is 12.1 Å². The van der Waals surface area contributed by atoms with Crippen molar-refractivity contribution < 1.29 is 4.79 Å². The highest BCUT2D eigenvalue weighted by atomic mass is 16.1. The van der Waals surface area contributed by atoms with E-state index < -0.39 is 0 Å². The molecule has 0 aliphatic carbocycles. The summed E-state index contributed by atoms with van der Waals surface area (Å²) in [5, 5.41) is 11.1. The fourth-order valence-electron chi connectivity index (χ4n) is 2.30. The molecular formula is C12H20N4O. The van der Waals surface area contributed by atoms with Crippen LogP contribution in [0.25, 0.3) is 0 Å². The second-order valence-corrected chi connectivity index (χ2v) is 4.85. The zero-order valence-corrected chi connectivity index (χ0v) is 10.4. The minimum absolute atomic E-state index is 0.274. The lowest BCUT2D eigenvalue weighted by Crippen LogP contribution is -2.30. The molecule has 1 saturated heterocycles. The number of Topliss-reactive ketones (excluding diaryl/α,β-unsaturated/α-hetero) is 1. The Morgan fingerprint density at radius 2 is 2.53 bits per heavy atom. The molecule has 1 N–H and O–H groups in total. The lowest BCUT2D eigenvalue weighted by atomic mass is 9.93. The lowest BCUT2D eigenvalue weighted by molar-refractivity contribution is -0.118. The fraction of sp³-hybridized carbons (Fsp3) is 0.750. The maximum atomic E-state index is 11.8. The van der Waals surface area contributed by atoms with E-state index in [2.05, 4.69) is 15.6 Å². The third kappa shape index (κ3) is 3.93. The van der Waals surface area contributed by atoms with Crippen molar-refractivity contribution in [3.63, 3.8) is 0 Å². The Balaban J connectivity index is 1.70. The molecule has 1 aromatic rings. The van der Waals surface area contributed by atoms with Crippen LogP contribution in [0, 0.1) is 5.92 Å². The van der Waals surface area contributed by atoms with Gasteiger partial charge in [-0.25, -0.2) is 0 Å². The summed E-state index contributed by atoms with van der Waals surface area (Å²) in [6.07, 6.45) is 6.40. The molecule has 0 spiro atoms. The Bertz CT molecular complexity index is 368. The van der Waals surface area contributed by atoms with Gasteiger partial charge >= 0.3 is 0 Å². The van der Waals surface area contributed by atoms with E-state index >= 15 is 0 Å². The largest absolute Gasteiger partial charge is 0.316 e. The van der Waals surface area contributed by atoms with Crippen LogP contribution >= 0.6 is 0 Å². The number of carbonyl (C=O) groups is 1. The van der Waals surface area contributed by atoms with E-state index in [9.17, 15) is 4.79 Å². The first-order valence-corrected chi connectivity index (χ1v) is 6.31. The van der Waals surface area contributed by atoms with Crippen LogP contribution in [0.4, 0.5) is 0 Å². The van der Waals surface area contributed by atoms with E-state index in [-0.39, 0.29) is 5.78 Å². The zero-order chi connectivity index (χ0) is 12.1. The summed E-state index contributed by atoms with van der Waals surface area (Å²) < 4.78 is 1.63. The predicted molar refractivity (Wildman–Crippen MR) is 64.5 cm³/mol. The fourth-order valence-corrected chi connectivity index (χ4v) is 2.30. The molecule has 0 saturated carbocycles. The summed E-state index contributed by atoms with van der Waals surface area (Å²) >= 11 is 0. The lowest BCUT2D eigenvalue weighted by Gasteiger charge is -2.22. The first kappa shape index (κ1) is 12.2. The number of ketones is 1. The molecule has 0 radical (unpaired) electrons. The van der Waals surface area contributed by atoms with Crippen molar-refractivity contribution in [1.29, 1.82) is 0 Å². The monoisotopic (exact) mass is 236 g/mol. The van der Waals surface area contributed by atoms with Gasteiger partial charge < -0.3 is 5.32 Å². The highest BCUT2D eigenvalue weighted by Gasteiger charge is 2.15. The minimum Gasteiger partial charge on any atom is -0.316 e. The number of piperidine rings is 1. The van der Waals surface area contributed by atoms with Crippen molar-refractivity contribution in [1.82, 2.24) is 20.3 Å². The van der Waals surface area contributed by atoms with Crippen molar-refractivity contribution in [2.75, 3.05) is 13.1 Å². The maximum absolute atomic E-state index is 11.8. The van der Waals surface area contributed by atoms with Crippen molar-refractivity contribution in [3.05, 3.63) is 11.9 Å². The van der Waals surface area contributed by atoms with E-state index in [1.165, 1.54) is 12.8 Å². The van der Waals surface area contributed by atoms with Gasteiger partial charge in [-0.1, -0.05) is 5.21 Å². The second-order valence-electron chi connectivity index (χ2n) is 4.85. The molecule has 17 heavy (non-hydrogen) atoms. The van der Waals surface area contributed by atoms with E-state index in [1.54, 1.807) is 10.9 Å². The van der Waals surface area contributed by atoms with Gasteiger partial charge in [0.15, 0.2) is 0 Å². The average Bonchev–Trinajstić information content (AvgIpc) is 2.73. The molecule has 0 aromatic carbocycles. The van der Waals surface area contributed by atoms with Crippen LogP contribution in [0.15, 0.2) is 6.20 Å². The van der Waals surface area contributed by atoms with Crippen LogP contribution in [0.2, 0.25) is 0 Å². The number of carbonyl (C=O) groups excluding carboxylic acids is 1. The van der Waals surface area contributed by atoms with Crippen LogP contribution in [-0.2, 0) is 18.3 Å².